The van der Waals surface area contributed by atoms with Gasteiger partial charge in [-0.1, -0.05) is 37.2 Å². The summed E-state index contributed by atoms with van der Waals surface area (Å²) in [6, 6.07) is 23.2. The molecule has 2 aromatic heterocycles. The zero-order chi connectivity index (χ0) is 28.1. The van der Waals surface area contributed by atoms with Gasteiger partial charge in [-0.25, -0.2) is 9.07 Å². The van der Waals surface area contributed by atoms with Crippen LogP contribution in [0.1, 0.15) is 41.9 Å². The molecule has 0 aliphatic carbocycles. The van der Waals surface area contributed by atoms with Gasteiger partial charge < -0.3 is 14.6 Å². The average Bonchev–Trinajstić information content (AvgIpc) is 3.62. The summed E-state index contributed by atoms with van der Waals surface area (Å²) in [7, 11) is 0. The summed E-state index contributed by atoms with van der Waals surface area (Å²) in [6.45, 7) is 7.27. The molecule has 8 heteroatoms. The minimum absolute atomic E-state index is 0.134. The highest BCUT2D eigenvalue weighted by Crippen LogP contribution is 2.29. The van der Waals surface area contributed by atoms with Crippen molar-refractivity contribution < 1.29 is 18.4 Å². The summed E-state index contributed by atoms with van der Waals surface area (Å²) in [5, 5.41) is 11.7. The number of aryl methyl sites for hydroxylation is 1. The lowest BCUT2D eigenvalue weighted by atomic mass is 10.0. The largest absolute Gasteiger partial charge is 0.493 e. The van der Waals surface area contributed by atoms with E-state index in [1.54, 1.807) is 12.1 Å². The standard InChI is InChI=1S/C32H31FN4O3/c1-21(2)15-16-39-29-14-11-24(17-22(29)3)31-25(20-37(35-31)27-7-5-4-6-8-27)19-34-32(38)28-18-30(40-36-28)23-9-12-26(33)13-10-23/h4-14,17-18,20-21H,15-16,19H2,1-3H3,(H,34,38). The summed E-state index contributed by atoms with van der Waals surface area (Å²) < 4.78 is 26.4. The van der Waals surface area contributed by atoms with E-state index in [1.807, 2.05) is 60.3 Å². The molecule has 1 N–H and O–H groups in total. The highest BCUT2D eigenvalue weighted by Gasteiger charge is 2.18. The van der Waals surface area contributed by atoms with Gasteiger partial charge in [-0.3, -0.25) is 4.79 Å². The number of para-hydroxylation sites is 1. The maximum absolute atomic E-state index is 13.3. The van der Waals surface area contributed by atoms with Crippen LogP contribution in [0.25, 0.3) is 28.3 Å². The van der Waals surface area contributed by atoms with E-state index in [-0.39, 0.29) is 24.0 Å². The Morgan fingerprint density at radius 2 is 1.77 bits per heavy atom. The van der Waals surface area contributed by atoms with Crippen LogP contribution in [0.2, 0.25) is 0 Å². The van der Waals surface area contributed by atoms with Crippen LogP contribution in [0.4, 0.5) is 4.39 Å². The molecule has 0 spiro atoms. The Kier molecular flexibility index (Phi) is 8.05. The van der Waals surface area contributed by atoms with Crippen LogP contribution in [0, 0.1) is 18.7 Å². The van der Waals surface area contributed by atoms with Crippen LogP contribution in [0.5, 0.6) is 5.75 Å². The summed E-state index contributed by atoms with van der Waals surface area (Å²) in [6.07, 6.45) is 2.91. The third-order valence-corrected chi connectivity index (χ3v) is 6.52. The fourth-order valence-corrected chi connectivity index (χ4v) is 4.26. The van der Waals surface area contributed by atoms with Crippen LogP contribution >= 0.6 is 0 Å². The van der Waals surface area contributed by atoms with Gasteiger partial charge in [0.2, 0.25) is 0 Å². The Labute approximate surface area is 232 Å². The molecule has 1 amide bonds. The molecule has 0 radical (unpaired) electrons. The number of hydrogen-bond donors (Lipinski definition) is 1. The van der Waals surface area contributed by atoms with Gasteiger partial charge in [0, 0.05) is 35.5 Å². The van der Waals surface area contributed by atoms with E-state index in [0.29, 0.717) is 23.8 Å². The van der Waals surface area contributed by atoms with Crippen LogP contribution in [-0.2, 0) is 6.54 Å². The molecular formula is C32H31FN4O3. The van der Waals surface area contributed by atoms with Crippen molar-refractivity contribution in [1.29, 1.82) is 0 Å². The lowest BCUT2D eigenvalue weighted by Gasteiger charge is -2.12. The molecule has 2 heterocycles. The van der Waals surface area contributed by atoms with Gasteiger partial charge >= 0.3 is 0 Å². The zero-order valence-corrected chi connectivity index (χ0v) is 22.7. The van der Waals surface area contributed by atoms with Gasteiger partial charge in [-0.2, -0.15) is 5.10 Å². The topological polar surface area (TPSA) is 82.2 Å². The van der Waals surface area contributed by atoms with Crippen LogP contribution in [0.3, 0.4) is 0 Å². The first-order valence-electron chi connectivity index (χ1n) is 13.3. The summed E-state index contributed by atoms with van der Waals surface area (Å²) >= 11 is 0. The molecule has 204 valence electrons. The molecule has 0 aliphatic rings. The second kappa shape index (κ2) is 12.0. The fourth-order valence-electron chi connectivity index (χ4n) is 4.26. The quantitative estimate of drug-likeness (QED) is 0.207. The zero-order valence-electron chi connectivity index (χ0n) is 22.7. The Bertz CT molecular complexity index is 1590. The minimum Gasteiger partial charge on any atom is -0.493 e. The molecule has 5 rings (SSSR count). The number of amides is 1. The third kappa shape index (κ3) is 6.29. The Balaban J connectivity index is 1.37. The molecule has 40 heavy (non-hydrogen) atoms. The molecule has 7 nitrogen and oxygen atoms in total. The number of rotatable bonds is 10. The van der Waals surface area contributed by atoms with Crippen LogP contribution in [0.15, 0.2) is 89.6 Å². The number of ether oxygens (including phenoxy) is 1. The smallest absolute Gasteiger partial charge is 0.273 e. The van der Waals surface area contributed by atoms with E-state index in [2.05, 4.69) is 30.4 Å². The van der Waals surface area contributed by atoms with Crippen molar-refractivity contribution in [3.63, 3.8) is 0 Å². The van der Waals surface area contributed by atoms with Crippen molar-refractivity contribution in [3.05, 3.63) is 108 Å². The first kappa shape index (κ1) is 26.9. The Morgan fingerprint density at radius 1 is 1.02 bits per heavy atom. The SMILES string of the molecule is Cc1cc(-c2nn(-c3ccccc3)cc2CNC(=O)c2cc(-c3ccc(F)cc3)on2)ccc1OCCC(C)C. The van der Waals surface area contributed by atoms with Crippen LogP contribution in [-0.4, -0.2) is 27.5 Å². The van der Waals surface area contributed by atoms with E-state index < -0.39 is 0 Å². The number of nitrogens with one attached hydrogen (secondary N) is 1. The first-order valence-corrected chi connectivity index (χ1v) is 13.3. The average molecular weight is 539 g/mol. The van der Waals surface area contributed by atoms with Gasteiger partial charge in [0.25, 0.3) is 5.91 Å². The van der Waals surface area contributed by atoms with E-state index in [1.165, 1.54) is 18.2 Å². The molecule has 0 aliphatic heterocycles. The molecule has 0 unspecified atom stereocenters. The van der Waals surface area contributed by atoms with Crippen molar-refractivity contribution in [2.75, 3.05) is 6.61 Å². The minimum atomic E-state index is -0.388. The predicted molar refractivity (Wildman–Crippen MR) is 152 cm³/mol. The van der Waals surface area contributed by atoms with Gasteiger partial charge in [-0.05, 0) is 79.4 Å². The van der Waals surface area contributed by atoms with E-state index in [4.69, 9.17) is 14.4 Å². The first-order chi connectivity index (χ1) is 19.4. The summed E-state index contributed by atoms with van der Waals surface area (Å²) in [5.41, 5.74) is 5.21. The number of carbonyl (C=O) groups is 1. The van der Waals surface area contributed by atoms with Crippen molar-refractivity contribution in [3.8, 4) is 34.0 Å². The number of carbonyl (C=O) groups excluding carboxylic acids is 1. The van der Waals surface area contributed by atoms with Crippen molar-refractivity contribution in [2.45, 2.75) is 33.7 Å². The normalized spacial score (nSPS) is 11.1. The highest BCUT2D eigenvalue weighted by molar-refractivity contribution is 5.93. The van der Waals surface area contributed by atoms with E-state index in [0.717, 1.165) is 40.2 Å². The molecule has 0 bridgehead atoms. The number of benzene rings is 3. The van der Waals surface area contributed by atoms with Crippen molar-refractivity contribution in [2.24, 2.45) is 5.92 Å². The molecule has 3 aromatic carbocycles. The Hall–Kier alpha value is -4.72. The predicted octanol–water partition coefficient (Wildman–Crippen LogP) is 7.00. The fraction of sp³-hybridized carbons (Fsp3) is 0.219. The maximum Gasteiger partial charge on any atom is 0.273 e. The van der Waals surface area contributed by atoms with Gasteiger partial charge in [0.15, 0.2) is 11.5 Å². The van der Waals surface area contributed by atoms with E-state index >= 15 is 0 Å². The molecule has 5 aromatic rings. The lowest BCUT2D eigenvalue weighted by molar-refractivity contribution is 0.0942. The second-order valence-electron chi connectivity index (χ2n) is 10.1. The molecule has 0 atom stereocenters. The second-order valence-corrected chi connectivity index (χ2v) is 10.1. The number of aromatic nitrogens is 3. The molecule has 0 saturated heterocycles. The molecular weight excluding hydrogens is 507 g/mol. The lowest BCUT2D eigenvalue weighted by Crippen LogP contribution is -2.23. The van der Waals surface area contributed by atoms with Crippen molar-refractivity contribution in [1.82, 2.24) is 20.3 Å². The van der Waals surface area contributed by atoms with Crippen LogP contribution < -0.4 is 10.1 Å². The molecule has 0 fully saturated rings. The number of hydrogen-bond acceptors (Lipinski definition) is 5. The summed E-state index contributed by atoms with van der Waals surface area (Å²) in [4.78, 5) is 13.0. The van der Waals surface area contributed by atoms with Gasteiger partial charge in [-0.15, -0.1) is 0 Å². The van der Waals surface area contributed by atoms with E-state index in [9.17, 15) is 9.18 Å². The Morgan fingerprint density at radius 3 is 2.50 bits per heavy atom. The highest BCUT2D eigenvalue weighted by atomic mass is 19.1. The summed E-state index contributed by atoms with van der Waals surface area (Å²) in [5.74, 6) is 1.07. The van der Waals surface area contributed by atoms with Gasteiger partial charge in [0.1, 0.15) is 11.6 Å². The van der Waals surface area contributed by atoms with Crippen molar-refractivity contribution >= 4 is 5.91 Å². The number of nitrogens with zero attached hydrogens (tertiary/aromatic N) is 3. The molecule has 0 saturated carbocycles. The monoisotopic (exact) mass is 538 g/mol. The maximum atomic E-state index is 13.3. The van der Waals surface area contributed by atoms with Gasteiger partial charge in [0.05, 0.1) is 18.0 Å². The number of halogens is 1. The third-order valence-electron chi connectivity index (χ3n) is 6.52.